The first-order valence-corrected chi connectivity index (χ1v) is 8.86. The molecule has 1 radical (unpaired) electrons. The average Bonchev–Trinajstić information content (AvgIpc) is 2.66. The van der Waals surface area contributed by atoms with Crippen molar-refractivity contribution < 1.29 is 22.8 Å². The number of halogens is 3. The maximum Gasteiger partial charge on any atom is 0.406 e. The van der Waals surface area contributed by atoms with Gasteiger partial charge in [-0.05, 0) is 37.9 Å². The number of primary amides is 1. The molecule has 1 aromatic carbocycles. The molecule has 2 rings (SSSR count). The van der Waals surface area contributed by atoms with Gasteiger partial charge in [0.1, 0.15) is 12.1 Å². The summed E-state index contributed by atoms with van der Waals surface area (Å²) >= 11 is 0. The van der Waals surface area contributed by atoms with E-state index in [9.17, 15) is 28.0 Å². The lowest BCUT2D eigenvalue weighted by Crippen LogP contribution is -2.58. The molecular formula is C19H22F3N4O2. The first-order valence-electron chi connectivity index (χ1n) is 8.86. The van der Waals surface area contributed by atoms with Crippen LogP contribution in [0.15, 0.2) is 30.3 Å². The summed E-state index contributed by atoms with van der Waals surface area (Å²) in [6, 6.07) is 10.4. The van der Waals surface area contributed by atoms with Gasteiger partial charge in [0.05, 0.1) is 18.4 Å². The van der Waals surface area contributed by atoms with Crippen LogP contribution < -0.4 is 11.1 Å². The van der Waals surface area contributed by atoms with Gasteiger partial charge >= 0.3 is 6.18 Å². The van der Waals surface area contributed by atoms with Gasteiger partial charge in [0.15, 0.2) is 0 Å². The summed E-state index contributed by atoms with van der Waals surface area (Å²) < 4.78 is 39.3. The van der Waals surface area contributed by atoms with E-state index >= 15 is 0 Å². The van der Waals surface area contributed by atoms with Crippen LogP contribution in [0, 0.1) is 17.8 Å². The summed E-state index contributed by atoms with van der Waals surface area (Å²) in [5, 5.41) is 12.5. The topological polar surface area (TPSA) is 99.2 Å². The molecule has 1 atom stereocenters. The van der Waals surface area contributed by atoms with Gasteiger partial charge < -0.3 is 16.0 Å². The molecule has 0 aliphatic carbocycles. The zero-order valence-electron chi connectivity index (χ0n) is 15.2. The molecule has 1 aliphatic rings. The lowest BCUT2D eigenvalue weighted by Gasteiger charge is -2.42. The molecule has 1 fully saturated rings. The number of carbonyl (C=O) groups is 2. The molecule has 9 heteroatoms. The standard InChI is InChI=1S/C19H22F3N4O2/c20-19(21,22)13-26(18(12-23)8-10-25-11-9-18)16(27)7-6-15(17(24)28)14-4-2-1-3-5-14/h1-5,7,15,25H,6,8-11,13H2,(H2,24,28)/t15-/m0/s1. The molecule has 2 amide bonds. The third kappa shape index (κ3) is 5.45. The predicted molar refractivity (Wildman–Crippen MR) is 95.5 cm³/mol. The van der Waals surface area contributed by atoms with Crippen molar-refractivity contribution in [3.05, 3.63) is 42.3 Å². The highest BCUT2D eigenvalue weighted by Crippen LogP contribution is 2.31. The number of nitrogens with zero attached hydrogens (tertiary/aromatic N) is 2. The minimum Gasteiger partial charge on any atom is -0.369 e. The summed E-state index contributed by atoms with van der Waals surface area (Å²) in [4.78, 5) is 25.0. The number of hydrogen-bond donors (Lipinski definition) is 2. The zero-order chi connectivity index (χ0) is 20.8. The number of hydrogen-bond acceptors (Lipinski definition) is 4. The van der Waals surface area contributed by atoms with Crippen molar-refractivity contribution in [1.29, 1.82) is 5.26 Å². The highest BCUT2D eigenvalue weighted by Gasteiger charge is 2.46. The van der Waals surface area contributed by atoms with Crippen LogP contribution in [0.25, 0.3) is 0 Å². The molecule has 0 saturated carbocycles. The molecular weight excluding hydrogens is 373 g/mol. The normalized spacial score (nSPS) is 17.4. The second-order valence-corrected chi connectivity index (χ2v) is 6.74. The van der Waals surface area contributed by atoms with E-state index in [0.29, 0.717) is 23.6 Å². The van der Waals surface area contributed by atoms with Crippen molar-refractivity contribution >= 4 is 11.8 Å². The third-order valence-electron chi connectivity index (χ3n) is 4.83. The Balaban J connectivity index is 2.20. The third-order valence-corrected chi connectivity index (χ3v) is 4.83. The second-order valence-electron chi connectivity index (χ2n) is 6.74. The van der Waals surface area contributed by atoms with Crippen LogP contribution in [0.2, 0.25) is 0 Å². The fourth-order valence-electron chi connectivity index (χ4n) is 3.33. The molecule has 28 heavy (non-hydrogen) atoms. The summed E-state index contributed by atoms with van der Waals surface area (Å²) in [6.07, 6.45) is -3.59. The smallest absolute Gasteiger partial charge is 0.369 e. The Morgan fingerprint density at radius 2 is 1.89 bits per heavy atom. The SMILES string of the molecule is N#CC1(N(CC(F)(F)F)C(=O)[CH]C[C@H](C(N)=O)c2ccccc2)CCNCC1. The molecule has 1 aliphatic heterocycles. The van der Waals surface area contributed by atoms with Crippen LogP contribution in [0.5, 0.6) is 0 Å². The van der Waals surface area contributed by atoms with Crippen molar-refractivity contribution in [2.75, 3.05) is 19.6 Å². The van der Waals surface area contributed by atoms with Crippen LogP contribution in [0.3, 0.4) is 0 Å². The first-order chi connectivity index (χ1) is 13.2. The molecule has 0 aromatic heterocycles. The largest absolute Gasteiger partial charge is 0.406 e. The number of carbonyl (C=O) groups excluding carboxylic acids is 2. The van der Waals surface area contributed by atoms with Crippen LogP contribution in [-0.4, -0.2) is 48.1 Å². The second kappa shape index (κ2) is 9.06. The fourth-order valence-corrected chi connectivity index (χ4v) is 3.33. The number of alkyl halides is 3. The Kier molecular flexibility index (Phi) is 7.02. The molecule has 0 spiro atoms. The van der Waals surface area contributed by atoms with Crippen molar-refractivity contribution in [2.24, 2.45) is 5.73 Å². The van der Waals surface area contributed by atoms with Gasteiger partial charge in [-0.1, -0.05) is 30.3 Å². The van der Waals surface area contributed by atoms with E-state index in [-0.39, 0.29) is 19.3 Å². The number of nitrogens with two attached hydrogens (primary N) is 1. The summed E-state index contributed by atoms with van der Waals surface area (Å²) in [7, 11) is 0. The zero-order valence-corrected chi connectivity index (χ0v) is 15.2. The Bertz CT molecular complexity index is 725. The minimum atomic E-state index is -4.65. The number of rotatable bonds is 7. The Labute approximate surface area is 161 Å². The van der Waals surface area contributed by atoms with Crippen LogP contribution in [0.4, 0.5) is 13.2 Å². The summed E-state index contributed by atoms with van der Waals surface area (Å²) in [5.41, 5.74) is 4.43. The lowest BCUT2D eigenvalue weighted by molar-refractivity contribution is -0.169. The van der Waals surface area contributed by atoms with Gasteiger partial charge in [0.2, 0.25) is 11.8 Å². The number of benzene rings is 1. The van der Waals surface area contributed by atoms with E-state index in [2.05, 4.69) is 5.32 Å². The van der Waals surface area contributed by atoms with Gasteiger partial charge in [-0.2, -0.15) is 18.4 Å². The molecule has 1 aromatic rings. The molecule has 0 unspecified atom stereocenters. The number of nitriles is 1. The van der Waals surface area contributed by atoms with Crippen LogP contribution >= 0.6 is 0 Å². The van der Waals surface area contributed by atoms with Gasteiger partial charge in [-0.25, -0.2) is 0 Å². The van der Waals surface area contributed by atoms with Crippen LogP contribution in [-0.2, 0) is 9.59 Å². The van der Waals surface area contributed by atoms with Gasteiger partial charge in [-0.15, -0.1) is 0 Å². The number of amides is 2. The van der Waals surface area contributed by atoms with E-state index in [1.165, 1.54) is 0 Å². The molecule has 3 N–H and O–H groups in total. The average molecular weight is 395 g/mol. The molecule has 1 saturated heterocycles. The highest BCUT2D eigenvalue weighted by molar-refractivity contribution is 5.88. The van der Waals surface area contributed by atoms with Crippen molar-refractivity contribution in [3.8, 4) is 6.07 Å². The van der Waals surface area contributed by atoms with E-state index in [0.717, 1.165) is 6.42 Å². The van der Waals surface area contributed by atoms with E-state index in [4.69, 9.17) is 5.73 Å². The van der Waals surface area contributed by atoms with E-state index in [1.54, 1.807) is 30.3 Å². The Morgan fingerprint density at radius 1 is 1.29 bits per heavy atom. The predicted octanol–water partition coefficient (Wildman–Crippen LogP) is 1.89. The Morgan fingerprint density at radius 3 is 2.39 bits per heavy atom. The van der Waals surface area contributed by atoms with Crippen LogP contribution in [0.1, 0.15) is 30.7 Å². The van der Waals surface area contributed by atoms with Gasteiger partial charge in [0, 0.05) is 0 Å². The molecule has 6 nitrogen and oxygen atoms in total. The molecule has 151 valence electrons. The fraction of sp³-hybridized carbons (Fsp3) is 0.474. The van der Waals surface area contributed by atoms with E-state index < -0.39 is 36.0 Å². The van der Waals surface area contributed by atoms with Gasteiger partial charge in [0.25, 0.3) is 0 Å². The van der Waals surface area contributed by atoms with Crippen molar-refractivity contribution in [1.82, 2.24) is 10.2 Å². The monoisotopic (exact) mass is 395 g/mol. The van der Waals surface area contributed by atoms with Gasteiger partial charge in [-0.3, -0.25) is 9.59 Å². The maximum absolute atomic E-state index is 13.1. The van der Waals surface area contributed by atoms with E-state index in [1.807, 2.05) is 6.07 Å². The lowest BCUT2D eigenvalue weighted by atomic mass is 9.86. The molecule has 1 heterocycles. The van der Waals surface area contributed by atoms with Crippen molar-refractivity contribution in [2.45, 2.75) is 36.9 Å². The number of piperidine rings is 1. The quantitative estimate of drug-likeness (QED) is 0.736. The first kappa shape index (κ1) is 21.7. The number of nitrogens with one attached hydrogen (secondary N) is 1. The summed E-state index contributed by atoms with van der Waals surface area (Å²) in [6.45, 7) is -0.852. The maximum atomic E-state index is 13.1. The Hall–Kier alpha value is -2.60. The highest BCUT2D eigenvalue weighted by atomic mass is 19.4. The van der Waals surface area contributed by atoms with Crippen molar-refractivity contribution in [3.63, 3.8) is 0 Å². The molecule has 0 bridgehead atoms. The summed E-state index contributed by atoms with van der Waals surface area (Å²) in [5.74, 6) is -2.46. The minimum absolute atomic E-state index is 0.0943.